The Bertz CT molecular complexity index is 908. The summed E-state index contributed by atoms with van der Waals surface area (Å²) in [6.45, 7) is -0.746. The average molecular weight is 504 g/mol. The van der Waals surface area contributed by atoms with Crippen LogP contribution >= 0.6 is 0 Å². The van der Waals surface area contributed by atoms with Gasteiger partial charge in [-0.1, -0.05) is 6.92 Å². The van der Waals surface area contributed by atoms with Gasteiger partial charge in [-0.05, 0) is 25.5 Å². The zero-order valence-electron chi connectivity index (χ0n) is 18.0. The number of ketones is 1. The highest BCUT2D eigenvalue weighted by atomic mass is 19.4. The summed E-state index contributed by atoms with van der Waals surface area (Å²) < 4.78 is 82.8. The van der Waals surface area contributed by atoms with Gasteiger partial charge < -0.3 is 20.1 Å². The minimum Gasteiger partial charge on any atom is -0.487 e. The molecule has 0 unspecified atom stereocenters. The number of halogens is 7. The van der Waals surface area contributed by atoms with Gasteiger partial charge in [0.15, 0.2) is 11.4 Å². The van der Waals surface area contributed by atoms with Gasteiger partial charge in [-0.2, -0.15) is 13.2 Å². The molecule has 2 amide bonds. The molecule has 2 N–H and O–H groups in total. The molecule has 0 aliphatic carbocycles. The van der Waals surface area contributed by atoms with Crippen LogP contribution in [0.5, 0.6) is 5.75 Å². The molecule has 0 aromatic heterocycles. The minimum atomic E-state index is -4.80. The van der Waals surface area contributed by atoms with Crippen molar-refractivity contribution in [2.24, 2.45) is 5.92 Å². The van der Waals surface area contributed by atoms with Crippen LogP contribution in [-0.2, 0) is 14.4 Å². The number of carbonyl (C=O) groups excluding carboxylic acids is 3. The molecule has 34 heavy (non-hydrogen) atoms. The lowest BCUT2D eigenvalue weighted by atomic mass is 9.86. The second-order valence-corrected chi connectivity index (χ2v) is 7.62. The van der Waals surface area contributed by atoms with Crippen molar-refractivity contribution in [3.63, 3.8) is 0 Å². The smallest absolute Gasteiger partial charge is 0.405 e. The van der Waals surface area contributed by atoms with Gasteiger partial charge in [0.1, 0.15) is 24.2 Å². The van der Waals surface area contributed by atoms with Crippen LogP contribution in [0.1, 0.15) is 26.7 Å². The van der Waals surface area contributed by atoms with Gasteiger partial charge in [0.05, 0.1) is 18.2 Å². The first-order valence-corrected chi connectivity index (χ1v) is 9.83. The number of benzene rings is 1. The molecule has 192 valence electrons. The zero-order valence-corrected chi connectivity index (χ0v) is 18.0. The maximum absolute atomic E-state index is 13.8. The molecular formula is C20H23F7N2O5. The van der Waals surface area contributed by atoms with E-state index in [1.54, 1.807) is 6.92 Å². The Morgan fingerprint density at radius 3 is 2.41 bits per heavy atom. The molecule has 1 aromatic carbocycles. The number of carbonyl (C=O) groups is 3. The van der Waals surface area contributed by atoms with Gasteiger partial charge in [-0.25, -0.2) is 13.2 Å². The first kappa shape index (κ1) is 29.1. The molecule has 1 aliphatic heterocycles. The Morgan fingerprint density at radius 2 is 1.88 bits per heavy atom. The predicted octanol–water partition coefficient (Wildman–Crippen LogP) is 2.75. The van der Waals surface area contributed by atoms with Crippen molar-refractivity contribution < 1.29 is 55.3 Å². The predicted molar refractivity (Wildman–Crippen MR) is 105 cm³/mol. The highest BCUT2D eigenvalue weighted by Crippen LogP contribution is 2.38. The fourth-order valence-electron chi connectivity index (χ4n) is 3.31. The van der Waals surface area contributed by atoms with Crippen LogP contribution in [-0.4, -0.2) is 60.1 Å². The molecule has 14 heteroatoms. The molecule has 0 fully saturated rings. The third-order valence-electron chi connectivity index (χ3n) is 5.08. The van der Waals surface area contributed by atoms with E-state index < -0.39 is 73.1 Å². The van der Waals surface area contributed by atoms with Crippen LogP contribution in [0.4, 0.5) is 36.7 Å². The lowest BCUT2D eigenvalue weighted by Gasteiger charge is -2.28. The maximum Gasteiger partial charge on any atom is 0.405 e. The number of aliphatic hydroxyl groups is 1. The lowest BCUT2D eigenvalue weighted by Crippen LogP contribution is -2.54. The van der Waals surface area contributed by atoms with E-state index in [2.05, 4.69) is 0 Å². The van der Waals surface area contributed by atoms with Crippen LogP contribution in [0.15, 0.2) is 18.2 Å². The molecule has 1 aliphatic rings. The number of alkyl halides is 5. The first-order valence-electron chi connectivity index (χ1n) is 9.83. The van der Waals surface area contributed by atoms with E-state index in [0.29, 0.717) is 11.8 Å². The third kappa shape index (κ3) is 6.81. The van der Waals surface area contributed by atoms with Crippen molar-refractivity contribution in [2.45, 2.75) is 51.0 Å². The zero-order chi connectivity index (χ0) is 25.1. The van der Waals surface area contributed by atoms with Crippen LogP contribution < -0.4 is 15.0 Å². The molecule has 1 heterocycles. The molecular weight excluding hydrogens is 481 g/mol. The molecule has 0 saturated heterocycles. The van der Waals surface area contributed by atoms with Gasteiger partial charge in [0.2, 0.25) is 5.91 Å². The molecule has 0 spiro atoms. The van der Waals surface area contributed by atoms with Crippen molar-refractivity contribution >= 4 is 23.3 Å². The number of fused-ring (bicyclic) bond motifs is 1. The van der Waals surface area contributed by atoms with Gasteiger partial charge >= 0.3 is 6.18 Å². The summed E-state index contributed by atoms with van der Waals surface area (Å²) in [5.74, 6) is -6.44. The van der Waals surface area contributed by atoms with E-state index in [-0.39, 0.29) is 22.6 Å². The number of Topliss-reactive ketones (excluding diaryl/α,β-unsaturated/α-hetero) is 1. The maximum atomic E-state index is 13.8. The molecule has 7 nitrogen and oxygen atoms in total. The van der Waals surface area contributed by atoms with Crippen molar-refractivity contribution in [2.75, 3.05) is 18.0 Å². The summed E-state index contributed by atoms with van der Waals surface area (Å²) in [5, 5.41) is 11.6. The topological polar surface area (TPSA) is 95.9 Å². The number of ether oxygens (including phenoxy) is 1. The second-order valence-electron chi connectivity index (χ2n) is 7.62. The SMILES string of the molecule is CC[C@H]1Oc2ccc(F)cc2N(CC(F)F)C(=O)[C@H]1CC(=O)[C@@](C)(O)C(=O)NCC(F)(F)F.F. The molecule has 2 rings (SSSR count). The van der Waals surface area contributed by atoms with Gasteiger partial charge in [-0.15, -0.1) is 0 Å². The quantitative estimate of drug-likeness (QED) is 0.420. The highest BCUT2D eigenvalue weighted by molar-refractivity contribution is 6.10. The number of rotatable bonds is 8. The molecule has 0 bridgehead atoms. The fraction of sp³-hybridized carbons (Fsp3) is 0.550. The Kier molecular flexibility index (Phi) is 9.44. The van der Waals surface area contributed by atoms with Crippen LogP contribution in [0.2, 0.25) is 0 Å². The van der Waals surface area contributed by atoms with E-state index in [1.807, 2.05) is 0 Å². The van der Waals surface area contributed by atoms with Crippen molar-refractivity contribution in [3.8, 4) is 5.75 Å². The number of hydrogen-bond donors (Lipinski definition) is 2. The highest BCUT2D eigenvalue weighted by Gasteiger charge is 2.46. The average Bonchev–Trinajstić information content (AvgIpc) is 2.81. The van der Waals surface area contributed by atoms with E-state index in [9.17, 15) is 45.8 Å². The third-order valence-corrected chi connectivity index (χ3v) is 5.08. The summed E-state index contributed by atoms with van der Waals surface area (Å²) in [6, 6.07) is 2.93. The monoisotopic (exact) mass is 504 g/mol. The van der Waals surface area contributed by atoms with Crippen molar-refractivity contribution in [1.29, 1.82) is 0 Å². The van der Waals surface area contributed by atoms with Crippen molar-refractivity contribution in [1.82, 2.24) is 5.32 Å². The number of nitrogens with zero attached hydrogens (tertiary/aromatic N) is 1. The summed E-state index contributed by atoms with van der Waals surface area (Å²) >= 11 is 0. The van der Waals surface area contributed by atoms with E-state index >= 15 is 0 Å². The fourth-order valence-corrected chi connectivity index (χ4v) is 3.31. The summed E-state index contributed by atoms with van der Waals surface area (Å²) in [7, 11) is 0. The lowest BCUT2D eigenvalue weighted by molar-refractivity contribution is -0.158. The Labute approximate surface area is 189 Å². The normalized spacial score (nSPS) is 19.9. The van der Waals surface area contributed by atoms with Gasteiger partial charge in [0, 0.05) is 12.5 Å². The van der Waals surface area contributed by atoms with E-state index in [4.69, 9.17) is 4.74 Å². The second kappa shape index (κ2) is 11.0. The van der Waals surface area contributed by atoms with Gasteiger partial charge in [0.25, 0.3) is 12.3 Å². The molecule has 0 saturated carbocycles. The molecule has 0 radical (unpaired) electrons. The first-order chi connectivity index (χ1) is 15.2. The van der Waals surface area contributed by atoms with E-state index in [0.717, 1.165) is 18.2 Å². The summed E-state index contributed by atoms with van der Waals surface area (Å²) in [6.07, 6.45) is -9.76. The summed E-state index contributed by atoms with van der Waals surface area (Å²) in [5.41, 5.74) is -3.23. The van der Waals surface area contributed by atoms with Crippen LogP contribution in [0.25, 0.3) is 0 Å². The largest absolute Gasteiger partial charge is 0.487 e. The number of amides is 2. The Balaban J connectivity index is 0.00000578. The van der Waals surface area contributed by atoms with Gasteiger partial charge in [-0.3, -0.25) is 19.1 Å². The van der Waals surface area contributed by atoms with Crippen LogP contribution in [0.3, 0.4) is 0 Å². The standard InChI is InChI=1S/C20H22F6N2O5.FH/c1-3-13-11(7-15(29)19(2,32)18(31)27-9-20(24,25)26)17(30)28(8-16(22)23)12-6-10(21)4-5-14(12)33-13;/h4-6,11,13,16,32H,3,7-9H2,1-2H3,(H,27,31);1H/t11-,13+,19+;/m0./s1. The van der Waals surface area contributed by atoms with E-state index in [1.165, 1.54) is 5.32 Å². The number of nitrogens with one attached hydrogen (secondary N) is 1. The molecule has 3 atom stereocenters. The number of anilines is 1. The Hall–Kier alpha value is -2.90. The number of hydrogen-bond acceptors (Lipinski definition) is 5. The summed E-state index contributed by atoms with van der Waals surface area (Å²) in [4.78, 5) is 38.3. The minimum absolute atomic E-state index is 0. The van der Waals surface area contributed by atoms with Crippen LogP contribution in [0, 0.1) is 11.7 Å². The Morgan fingerprint density at radius 1 is 1.26 bits per heavy atom. The molecule has 1 aromatic rings. The van der Waals surface area contributed by atoms with Crippen molar-refractivity contribution in [3.05, 3.63) is 24.0 Å².